The van der Waals surface area contributed by atoms with Crippen LogP contribution in [0.1, 0.15) is 5.01 Å². The van der Waals surface area contributed by atoms with E-state index < -0.39 is 0 Å². The smallest absolute Gasteiger partial charge is 0.317 e. The maximum Gasteiger partial charge on any atom is 0.317 e. The standard InChI is InChI=1S/C20H20ClN3O2S/c1-24(10-11-26-17-9-5-8-16(21)12-17)20(25)22-13-19-23-18(14-27-19)15-6-3-2-4-7-15/h2-9,12,14H,10-11,13H2,1H3,(H,22,25). The fourth-order valence-electron chi connectivity index (χ4n) is 2.38. The van der Waals surface area contributed by atoms with Crippen molar-refractivity contribution in [3.63, 3.8) is 0 Å². The van der Waals surface area contributed by atoms with Gasteiger partial charge in [-0.1, -0.05) is 48.0 Å². The average molecular weight is 402 g/mol. The summed E-state index contributed by atoms with van der Waals surface area (Å²) >= 11 is 7.45. The summed E-state index contributed by atoms with van der Waals surface area (Å²) in [6, 6.07) is 17.0. The van der Waals surface area contributed by atoms with Gasteiger partial charge in [0.15, 0.2) is 0 Å². The molecule has 0 radical (unpaired) electrons. The molecule has 27 heavy (non-hydrogen) atoms. The van der Waals surface area contributed by atoms with E-state index >= 15 is 0 Å². The molecule has 5 nitrogen and oxygen atoms in total. The van der Waals surface area contributed by atoms with Gasteiger partial charge in [-0.15, -0.1) is 11.3 Å². The first-order valence-corrected chi connectivity index (χ1v) is 9.75. The number of likely N-dealkylation sites (N-methyl/N-ethyl adjacent to an activating group) is 1. The number of carbonyl (C=O) groups excluding carboxylic acids is 1. The molecule has 1 heterocycles. The molecule has 1 N–H and O–H groups in total. The lowest BCUT2D eigenvalue weighted by molar-refractivity contribution is 0.195. The lowest BCUT2D eigenvalue weighted by Crippen LogP contribution is -2.39. The fraction of sp³-hybridized carbons (Fsp3) is 0.200. The first kappa shape index (κ1) is 19.2. The van der Waals surface area contributed by atoms with Crippen molar-refractivity contribution in [2.45, 2.75) is 6.54 Å². The Hall–Kier alpha value is -2.57. The van der Waals surface area contributed by atoms with Gasteiger partial charge in [-0.3, -0.25) is 0 Å². The van der Waals surface area contributed by atoms with E-state index in [1.165, 1.54) is 11.3 Å². The molecule has 3 aromatic rings. The van der Waals surface area contributed by atoms with Crippen molar-refractivity contribution in [2.24, 2.45) is 0 Å². The van der Waals surface area contributed by atoms with Crippen LogP contribution in [-0.4, -0.2) is 36.1 Å². The zero-order valence-corrected chi connectivity index (χ0v) is 16.5. The molecule has 0 saturated heterocycles. The fourth-order valence-corrected chi connectivity index (χ4v) is 3.30. The monoisotopic (exact) mass is 401 g/mol. The summed E-state index contributed by atoms with van der Waals surface area (Å²) in [4.78, 5) is 18.4. The van der Waals surface area contributed by atoms with E-state index in [0.717, 1.165) is 16.3 Å². The molecule has 0 aliphatic heterocycles. The van der Waals surface area contributed by atoms with Crippen LogP contribution in [0.25, 0.3) is 11.3 Å². The largest absolute Gasteiger partial charge is 0.492 e. The zero-order chi connectivity index (χ0) is 19.1. The minimum Gasteiger partial charge on any atom is -0.492 e. The zero-order valence-electron chi connectivity index (χ0n) is 14.9. The second kappa shape index (κ2) is 9.39. The number of halogens is 1. The van der Waals surface area contributed by atoms with Crippen LogP contribution >= 0.6 is 22.9 Å². The van der Waals surface area contributed by atoms with Crippen LogP contribution in [0.2, 0.25) is 5.02 Å². The number of ether oxygens (including phenoxy) is 1. The van der Waals surface area contributed by atoms with Crippen LogP contribution in [-0.2, 0) is 6.54 Å². The number of benzene rings is 2. The molecular formula is C20H20ClN3O2S. The lowest BCUT2D eigenvalue weighted by Gasteiger charge is -2.17. The van der Waals surface area contributed by atoms with Gasteiger partial charge < -0.3 is 15.0 Å². The van der Waals surface area contributed by atoms with Crippen LogP contribution in [0.4, 0.5) is 4.79 Å². The molecule has 7 heteroatoms. The highest BCUT2D eigenvalue weighted by atomic mass is 35.5. The first-order chi connectivity index (χ1) is 13.1. The Morgan fingerprint density at radius 2 is 2.04 bits per heavy atom. The Bertz CT molecular complexity index is 886. The summed E-state index contributed by atoms with van der Waals surface area (Å²) in [6.07, 6.45) is 0. The molecule has 3 rings (SSSR count). The molecule has 0 aliphatic rings. The van der Waals surface area contributed by atoms with E-state index in [4.69, 9.17) is 16.3 Å². The number of amides is 2. The Morgan fingerprint density at radius 1 is 1.22 bits per heavy atom. The topological polar surface area (TPSA) is 54.5 Å². The van der Waals surface area contributed by atoms with Gasteiger partial charge >= 0.3 is 6.03 Å². The third kappa shape index (κ3) is 5.70. The predicted molar refractivity (Wildman–Crippen MR) is 109 cm³/mol. The normalized spacial score (nSPS) is 10.4. The number of thiazole rings is 1. The molecule has 0 fully saturated rings. The average Bonchev–Trinajstić information content (AvgIpc) is 3.16. The van der Waals surface area contributed by atoms with Gasteiger partial charge in [-0.05, 0) is 18.2 Å². The SMILES string of the molecule is CN(CCOc1cccc(Cl)c1)C(=O)NCc1nc(-c2ccccc2)cs1. The number of rotatable bonds is 7. The van der Waals surface area contributed by atoms with E-state index in [0.29, 0.717) is 30.5 Å². The molecular weight excluding hydrogens is 382 g/mol. The highest BCUT2D eigenvalue weighted by molar-refractivity contribution is 7.09. The van der Waals surface area contributed by atoms with E-state index in [-0.39, 0.29) is 6.03 Å². The molecule has 2 amide bonds. The highest BCUT2D eigenvalue weighted by Crippen LogP contribution is 2.21. The number of nitrogens with one attached hydrogen (secondary N) is 1. The molecule has 0 saturated carbocycles. The molecule has 0 unspecified atom stereocenters. The predicted octanol–water partition coefficient (Wildman–Crippen LogP) is 4.68. The molecule has 0 atom stereocenters. The van der Waals surface area contributed by atoms with Crippen molar-refractivity contribution < 1.29 is 9.53 Å². The number of hydrogen-bond acceptors (Lipinski definition) is 4. The number of nitrogens with zero attached hydrogens (tertiary/aromatic N) is 2. The van der Waals surface area contributed by atoms with Crippen LogP contribution in [0.3, 0.4) is 0 Å². The molecule has 0 aliphatic carbocycles. The summed E-state index contributed by atoms with van der Waals surface area (Å²) < 4.78 is 5.61. The first-order valence-electron chi connectivity index (χ1n) is 8.49. The second-order valence-corrected chi connectivity index (χ2v) is 7.26. The second-order valence-electron chi connectivity index (χ2n) is 5.88. The van der Waals surface area contributed by atoms with Crippen molar-refractivity contribution in [1.29, 1.82) is 0 Å². The van der Waals surface area contributed by atoms with E-state index in [2.05, 4.69) is 10.3 Å². The van der Waals surface area contributed by atoms with E-state index in [1.54, 1.807) is 24.1 Å². The maximum atomic E-state index is 12.2. The summed E-state index contributed by atoms with van der Waals surface area (Å²) in [7, 11) is 1.73. The quantitative estimate of drug-likeness (QED) is 0.625. The van der Waals surface area contributed by atoms with Crippen LogP contribution in [0.5, 0.6) is 5.75 Å². The lowest BCUT2D eigenvalue weighted by atomic mass is 10.2. The van der Waals surface area contributed by atoms with Gasteiger partial charge in [0.25, 0.3) is 0 Å². The Morgan fingerprint density at radius 3 is 2.81 bits per heavy atom. The molecule has 0 bridgehead atoms. The van der Waals surface area contributed by atoms with Crippen molar-refractivity contribution in [3.05, 3.63) is 70.0 Å². The van der Waals surface area contributed by atoms with Gasteiger partial charge in [0.05, 0.1) is 18.8 Å². The third-order valence-corrected chi connectivity index (χ3v) is 4.93. The number of carbonyl (C=O) groups is 1. The summed E-state index contributed by atoms with van der Waals surface area (Å²) in [6.45, 7) is 1.25. The van der Waals surface area contributed by atoms with Crippen molar-refractivity contribution >= 4 is 29.0 Å². The minimum atomic E-state index is -0.166. The van der Waals surface area contributed by atoms with E-state index in [1.807, 2.05) is 47.8 Å². The Labute approximate surface area is 167 Å². The van der Waals surface area contributed by atoms with Gasteiger partial charge in [-0.2, -0.15) is 0 Å². The number of urea groups is 1. The van der Waals surface area contributed by atoms with Crippen LogP contribution in [0, 0.1) is 0 Å². The van der Waals surface area contributed by atoms with Crippen LogP contribution in [0.15, 0.2) is 60.0 Å². The highest BCUT2D eigenvalue weighted by Gasteiger charge is 2.10. The summed E-state index contributed by atoms with van der Waals surface area (Å²) in [5.41, 5.74) is 2.00. The minimum absolute atomic E-state index is 0.166. The molecule has 1 aromatic heterocycles. The van der Waals surface area contributed by atoms with Crippen molar-refractivity contribution in [3.8, 4) is 17.0 Å². The van der Waals surface area contributed by atoms with Crippen LogP contribution < -0.4 is 10.1 Å². The van der Waals surface area contributed by atoms with E-state index in [9.17, 15) is 4.79 Å². The summed E-state index contributed by atoms with van der Waals surface area (Å²) in [5, 5.41) is 6.37. The number of aromatic nitrogens is 1. The maximum absolute atomic E-state index is 12.2. The van der Waals surface area contributed by atoms with Crippen molar-refractivity contribution in [2.75, 3.05) is 20.2 Å². The Kier molecular flexibility index (Phi) is 6.68. The molecule has 0 spiro atoms. The third-order valence-electron chi connectivity index (χ3n) is 3.85. The summed E-state index contributed by atoms with van der Waals surface area (Å²) in [5.74, 6) is 0.688. The van der Waals surface area contributed by atoms with Gasteiger partial charge in [0, 0.05) is 23.0 Å². The molecule has 140 valence electrons. The molecule has 2 aromatic carbocycles. The number of hydrogen-bond donors (Lipinski definition) is 1. The Balaban J connectivity index is 1.43. The van der Waals surface area contributed by atoms with Gasteiger partial charge in [0.2, 0.25) is 0 Å². The van der Waals surface area contributed by atoms with Crippen molar-refractivity contribution in [1.82, 2.24) is 15.2 Å². The van der Waals surface area contributed by atoms with Gasteiger partial charge in [-0.25, -0.2) is 9.78 Å². The van der Waals surface area contributed by atoms with Gasteiger partial charge in [0.1, 0.15) is 17.4 Å².